The van der Waals surface area contributed by atoms with Crippen molar-refractivity contribution in [2.24, 2.45) is 20.0 Å². The zero-order valence-electron chi connectivity index (χ0n) is 30.1. The molecule has 2 heterocycles. The van der Waals surface area contributed by atoms with Crippen LogP contribution in [0.2, 0.25) is 0 Å². The number of nitrogens with zero attached hydrogens (tertiary/aromatic N) is 4. The van der Waals surface area contributed by atoms with Gasteiger partial charge in [-0.15, -0.1) is 0 Å². The molecule has 6 aromatic carbocycles. The minimum atomic E-state index is -1.16. The van der Waals surface area contributed by atoms with Crippen molar-refractivity contribution in [3.05, 3.63) is 214 Å². The largest absolute Gasteiger partial charge is 0.245 e. The maximum atomic E-state index is 5.89. The zero-order chi connectivity index (χ0) is 35.7. The van der Waals surface area contributed by atoms with Gasteiger partial charge in [0.2, 0.25) is 0 Å². The van der Waals surface area contributed by atoms with Crippen LogP contribution in [0, 0.1) is 0 Å². The first kappa shape index (κ1) is 33.2. The van der Waals surface area contributed by atoms with Crippen LogP contribution in [0.25, 0.3) is 0 Å². The predicted octanol–water partition coefficient (Wildman–Crippen LogP) is 10.9. The molecule has 2 unspecified atom stereocenters. The minimum absolute atomic E-state index is 0.415. The molecule has 0 bridgehead atoms. The molecule has 6 aromatic rings. The van der Waals surface area contributed by atoms with Crippen LogP contribution in [0.15, 0.2) is 190 Å². The SMILES string of the molecule is CC(C)c1ccc(C2=NC(c3ccccc3)(C3(c4ccccc4)N=C(c4ccc(C(C)C)cc4)N=C3c3ccccc3)C(c3ccccc3)=N2)cc1. The molecule has 0 aromatic heterocycles. The molecular formula is C48H42N4. The van der Waals surface area contributed by atoms with Gasteiger partial charge in [0.1, 0.15) is 0 Å². The summed E-state index contributed by atoms with van der Waals surface area (Å²) < 4.78 is 0. The lowest BCUT2D eigenvalue weighted by molar-refractivity contribution is 0.420. The molecule has 0 N–H and O–H groups in total. The summed E-state index contributed by atoms with van der Waals surface area (Å²) in [4.78, 5) is 22.9. The minimum Gasteiger partial charge on any atom is -0.245 e. The first-order chi connectivity index (χ1) is 25.4. The van der Waals surface area contributed by atoms with Gasteiger partial charge in [0, 0.05) is 11.1 Å². The van der Waals surface area contributed by atoms with E-state index in [0.717, 1.165) is 44.8 Å². The highest BCUT2D eigenvalue weighted by molar-refractivity contribution is 6.29. The fraction of sp³-hybridized carbons (Fsp3) is 0.167. The average molecular weight is 675 g/mol. The Morgan fingerprint density at radius 3 is 0.962 bits per heavy atom. The first-order valence-corrected chi connectivity index (χ1v) is 18.2. The van der Waals surface area contributed by atoms with Gasteiger partial charge in [0.15, 0.2) is 22.7 Å². The monoisotopic (exact) mass is 674 g/mol. The van der Waals surface area contributed by atoms with Crippen molar-refractivity contribution in [2.75, 3.05) is 0 Å². The van der Waals surface area contributed by atoms with Crippen LogP contribution in [0.1, 0.15) is 84.0 Å². The van der Waals surface area contributed by atoms with Gasteiger partial charge in [0.05, 0.1) is 11.4 Å². The molecule has 4 heteroatoms. The molecule has 2 aliphatic rings. The van der Waals surface area contributed by atoms with E-state index in [1.165, 1.54) is 11.1 Å². The van der Waals surface area contributed by atoms with Crippen LogP contribution in [-0.4, -0.2) is 23.1 Å². The van der Waals surface area contributed by atoms with E-state index in [9.17, 15) is 0 Å². The number of rotatable bonds is 9. The predicted molar refractivity (Wildman–Crippen MR) is 216 cm³/mol. The van der Waals surface area contributed by atoms with Crippen LogP contribution in [0.3, 0.4) is 0 Å². The number of amidine groups is 2. The maximum Gasteiger partial charge on any atom is 0.165 e. The highest BCUT2D eigenvalue weighted by Crippen LogP contribution is 2.55. The topological polar surface area (TPSA) is 49.4 Å². The van der Waals surface area contributed by atoms with E-state index in [1.54, 1.807) is 0 Å². The van der Waals surface area contributed by atoms with Crippen molar-refractivity contribution >= 4 is 23.1 Å². The van der Waals surface area contributed by atoms with Crippen LogP contribution in [0.5, 0.6) is 0 Å². The van der Waals surface area contributed by atoms with Crippen molar-refractivity contribution in [1.82, 2.24) is 0 Å². The van der Waals surface area contributed by atoms with Gasteiger partial charge in [-0.05, 0) is 45.2 Å². The van der Waals surface area contributed by atoms with E-state index in [0.29, 0.717) is 23.5 Å². The molecule has 0 saturated heterocycles. The van der Waals surface area contributed by atoms with E-state index in [1.807, 2.05) is 12.1 Å². The van der Waals surface area contributed by atoms with Crippen molar-refractivity contribution in [2.45, 2.75) is 50.6 Å². The van der Waals surface area contributed by atoms with Crippen LogP contribution in [0.4, 0.5) is 0 Å². The van der Waals surface area contributed by atoms with Gasteiger partial charge in [-0.25, -0.2) is 20.0 Å². The number of benzene rings is 6. The van der Waals surface area contributed by atoms with Gasteiger partial charge in [0.25, 0.3) is 0 Å². The lowest BCUT2D eigenvalue weighted by Gasteiger charge is -2.44. The van der Waals surface area contributed by atoms with E-state index in [-0.39, 0.29) is 0 Å². The molecule has 8 rings (SSSR count). The Bertz CT molecular complexity index is 2140. The van der Waals surface area contributed by atoms with Crippen LogP contribution >= 0.6 is 0 Å². The van der Waals surface area contributed by atoms with Crippen LogP contribution < -0.4 is 0 Å². The number of hydrogen-bond acceptors (Lipinski definition) is 4. The summed E-state index contributed by atoms with van der Waals surface area (Å²) in [6.07, 6.45) is 0. The van der Waals surface area contributed by atoms with Gasteiger partial charge in [-0.1, -0.05) is 198 Å². The molecule has 0 spiro atoms. The molecule has 0 fully saturated rings. The number of aliphatic imine (C=N–C) groups is 4. The molecule has 0 saturated carbocycles. The molecule has 0 aliphatic carbocycles. The molecule has 0 radical (unpaired) electrons. The molecule has 0 amide bonds. The van der Waals surface area contributed by atoms with E-state index >= 15 is 0 Å². The molecule has 4 nitrogen and oxygen atoms in total. The number of hydrogen-bond donors (Lipinski definition) is 0. The second-order valence-electron chi connectivity index (χ2n) is 14.2. The summed E-state index contributed by atoms with van der Waals surface area (Å²) in [6.45, 7) is 8.87. The summed E-state index contributed by atoms with van der Waals surface area (Å²) in [7, 11) is 0. The van der Waals surface area contributed by atoms with Gasteiger partial charge in [-0.3, -0.25) is 0 Å². The normalized spacial score (nSPS) is 19.7. The molecule has 2 atom stereocenters. The smallest absolute Gasteiger partial charge is 0.165 e. The summed E-state index contributed by atoms with van der Waals surface area (Å²) >= 11 is 0. The maximum absolute atomic E-state index is 5.89. The molecule has 254 valence electrons. The Balaban J connectivity index is 1.51. The second kappa shape index (κ2) is 13.6. The van der Waals surface area contributed by atoms with E-state index in [2.05, 4.69) is 185 Å². The molecule has 52 heavy (non-hydrogen) atoms. The summed E-state index contributed by atoms with van der Waals surface area (Å²) in [5, 5.41) is 0. The highest BCUT2D eigenvalue weighted by atomic mass is 15.2. The zero-order valence-corrected chi connectivity index (χ0v) is 30.1. The van der Waals surface area contributed by atoms with Crippen molar-refractivity contribution in [1.29, 1.82) is 0 Å². The van der Waals surface area contributed by atoms with Gasteiger partial charge < -0.3 is 0 Å². The Hall–Kier alpha value is -6.00. The van der Waals surface area contributed by atoms with Crippen molar-refractivity contribution < 1.29 is 0 Å². The Morgan fingerprint density at radius 2 is 0.654 bits per heavy atom. The Labute approximate surface area is 307 Å². The van der Waals surface area contributed by atoms with Gasteiger partial charge >= 0.3 is 0 Å². The second-order valence-corrected chi connectivity index (χ2v) is 14.2. The first-order valence-electron chi connectivity index (χ1n) is 18.2. The third-order valence-corrected chi connectivity index (χ3v) is 10.3. The molecular weight excluding hydrogens is 633 g/mol. The standard InChI is InChI=1S/C48H42N4/c1-33(2)35-25-29-39(30-26-35)45-49-43(37-17-9-5-10-18-37)47(51-45,41-21-13-7-14-22-41)48(42-23-15-8-16-24-42)44(38-19-11-6-12-20-38)50-46(52-48)40-31-27-36(28-32-40)34(3)4/h5-34H,1-4H3. The fourth-order valence-electron chi connectivity index (χ4n) is 7.56. The third-order valence-electron chi connectivity index (χ3n) is 10.3. The Morgan fingerprint density at radius 1 is 0.346 bits per heavy atom. The summed E-state index contributed by atoms with van der Waals surface area (Å²) in [6, 6.07) is 59.5. The van der Waals surface area contributed by atoms with Gasteiger partial charge in [-0.2, -0.15) is 0 Å². The molecule has 2 aliphatic heterocycles. The summed E-state index contributed by atoms with van der Waals surface area (Å²) in [5.74, 6) is 2.17. The Kier molecular flexibility index (Phi) is 8.68. The van der Waals surface area contributed by atoms with E-state index in [4.69, 9.17) is 20.0 Å². The fourth-order valence-corrected chi connectivity index (χ4v) is 7.56. The summed E-state index contributed by atoms with van der Waals surface area (Å²) in [5.41, 5.74) is 7.76. The lowest BCUT2D eigenvalue weighted by atomic mass is 9.62. The lowest BCUT2D eigenvalue weighted by Crippen LogP contribution is -2.55. The van der Waals surface area contributed by atoms with Crippen molar-refractivity contribution in [3.63, 3.8) is 0 Å². The van der Waals surface area contributed by atoms with Crippen molar-refractivity contribution in [3.8, 4) is 0 Å². The van der Waals surface area contributed by atoms with Crippen LogP contribution in [-0.2, 0) is 11.1 Å². The van der Waals surface area contributed by atoms with E-state index < -0.39 is 11.1 Å². The quantitative estimate of drug-likeness (QED) is 0.147. The highest BCUT2D eigenvalue weighted by Gasteiger charge is 2.64. The average Bonchev–Trinajstić information content (AvgIpc) is 3.82. The third kappa shape index (κ3) is 5.56.